The van der Waals surface area contributed by atoms with Gasteiger partial charge in [-0.05, 0) is 30.4 Å². The van der Waals surface area contributed by atoms with Gasteiger partial charge < -0.3 is 9.47 Å². The van der Waals surface area contributed by atoms with Crippen LogP contribution in [-0.2, 0) is 9.47 Å². The topological polar surface area (TPSA) is 18.5 Å². The van der Waals surface area contributed by atoms with Gasteiger partial charge in [0, 0.05) is 7.11 Å². The van der Waals surface area contributed by atoms with Crippen molar-refractivity contribution >= 4 is 0 Å². The quantitative estimate of drug-likeness (QED) is 0.329. The maximum absolute atomic E-state index is 5.90. The van der Waals surface area contributed by atoms with Crippen molar-refractivity contribution in [3.63, 3.8) is 0 Å². The molecule has 112 valence electrons. The van der Waals surface area contributed by atoms with Gasteiger partial charge in [-0.3, -0.25) is 0 Å². The molecule has 0 radical (unpaired) electrons. The lowest BCUT2D eigenvalue weighted by Gasteiger charge is -2.21. The average molecular weight is 276 g/mol. The van der Waals surface area contributed by atoms with Gasteiger partial charge in [-0.15, -0.1) is 0 Å². The minimum absolute atomic E-state index is 0.0165. The second-order valence-electron chi connectivity index (χ2n) is 4.99. The molecule has 1 aromatic rings. The van der Waals surface area contributed by atoms with Crippen LogP contribution in [0.3, 0.4) is 0 Å². The second-order valence-corrected chi connectivity index (χ2v) is 4.99. The van der Waals surface area contributed by atoms with E-state index >= 15 is 0 Å². The summed E-state index contributed by atoms with van der Waals surface area (Å²) in [6.45, 7) is 4.75. The highest BCUT2D eigenvalue weighted by molar-refractivity contribution is 5.26. The molecular weight excluding hydrogens is 248 g/mol. The monoisotopic (exact) mass is 276 g/mol. The van der Waals surface area contributed by atoms with Crippen molar-refractivity contribution in [3.05, 3.63) is 47.5 Å². The highest BCUT2D eigenvalue weighted by Gasteiger charge is 2.15. The van der Waals surface area contributed by atoms with E-state index in [1.54, 1.807) is 7.11 Å². The minimum atomic E-state index is 0.0165. The Bertz CT molecular complexity index is 370. The van der Waals surface area contributed by atoms with E-state index in [0.29, 0.717) is 6.79 Å². The highest BCUT2D eigenvalue weighted by atomic mass is 16.7. The summed E-state index contributed by atoms with van der Waals surface area (Å²) in [6.07, 6.45) is 8.32. The third-order valence-electron chi connectivity index (χ3n) is 3.41. The SMILES string of the molecule is CCCCC/C=C(\CC)C(OCOC)c1ccccc1. The van der Waals surface area contributed by atoms with Gasteiger partial charge in [-0.1, -0.05) is 63.1 Å². The van der Waals surface area contributed by atoms with Gasteiger partial charge in [0.1, 0.15) is 12.9 Å². The number of unbranched alkanes of at least 4 members (excludes halogenated alkanes) is 3. The second kappa shape index (κ2) is 10.6. The Hall–Kier alpha value is -1.12. The van der Waals surface area contributed by atoms with Crippen LogP contribution in [0.5, 0.6) is 0 Å². The number of ether oxygens (including phenoxy) is 2. The first-order chi connectivity index (χ1) is 9.83. The Morgan fingerprint density at radius 2 is 1.90 bits per heavy atom. The van der Waals surface area contributed by atoms with Gasteiger partial charge in [0.2, 0.25) is 0 Å². The molecule has 0 amide bonds. The Morgan fingerprint density at radius 3 is 2.50 bits per heavy atom. The van der Waals surface area contributed by atoms with Crippen molar-refractivity contribution in [3.8, 4) is 0 Å². The summed E-state index contributed by atoms with van der Waals surface area (Å²) in [4.78, 5) is 0. The van der Waals surface area contributed by atoms with Gasteiger partial charge in [-0.25, -0.2) is 0 Å². The zero-order valence-electron chi connectivity index (χ0n) is 13.1. The van der Waals surface area contributed by atoms with Crippen molar-refractivity contribution < 1.29 is 9.47 Å². The third-order valence-corrected chi connectivity index (χ3v) is 3.41. The molecule has 0 saturated heterocycles. The van der Waals surface area contributed by atoms with Crippen molar-refractivity contribution in [1.82, 2.24) is 0 Å². The number of methoxy groups -OCH3 is 1. The lowest BCUT2D eigenvalue weighted by Crippen LogP contribution is -2.09. The zero-order valence-corrected chi connectivity index (χ0v) is 13.1. The Labute approximate surface area is 123 Å². The molecule has 0 aliphatic heterocycles. The zero-order chi connectivity index (χ0) is 14.6. The molecule has 1 unspecified atom stereocenters. The third kappa shape index (κ3) is 5.89. The smallest absolute Gasteiger partial charge is 0.147 e. The Morgan fingerprint density at radius 1 is 1.15 bits per heavy atom. The number of rotatable bonds is 10. The molecule has 0 spiro atoms. The van der Waals surface area contributed by atoms with E-state index in [-0.39, 0.29) is 6.10 Å². The highest BCUT2D eigenvalue weighted by Crippen LogP contribution is 2.28. The molecule has 1 atom stereocenters. The first kappa shape index (κ1) is 16.9. The summed E-state index contributed by atoms with van der Waals surface area (Å²) < 4.78 is 11.0. The molecule has 0 aliphatic carbocycles. The van der Waals surface area contributed by atoms with Crippen LogP contribution < -0.4 is 0 Å². The molecule has 2 heteroatoms. The van der Waals surface area contributed by atoms with Crippen molar-refractivity contribution in [2.75, 3.05) is 13.9 Å². The lowest BCUT2D eigenvalue weighted by atomic mass is 9.97. The number of allylic oxidation sites excluding steroid dienone is 1. The molecular formula is C18H28O2. The van der Waals surface area contributed by atoms with Gasteiger partial charge in [-0.2, -0.15) is 0 Å². The van der Waals surface area contributed by atoms with E-state index in [1.165, 1.54) is 30.4 Å². The number of hydrogen-bond donors (Lipinski definition) is 0. The normalized spacial score (nSPS) is 13.4. The summed E-state index contributed by atoms with van der Waals surface area (Å²) in [5, 5.41) is 0. The van der Waals surface area contributed by atoms with Crippen LogP contribution >= 0.6 is 0 Å². The first-order valence-corrected chi connectivity index (χ1v) is 7.67. The van der Waals surface area contributed by atoms with Gasteiger partial charge in [0.25, 0.3) is 0 Å². The van der Waals surface area contributed by atoms with Crippen molar-refractivity contribution in [2.45, 2.75) is 52.1 Å². The van der Waals surface area contributed by atoms with Crippen LogP contribution in [-0.4, -0.2) is 13.9 Å². The van der Waals surface area contributed by atoms with E-state index in [2.05, 4.69) is 44.2 Å². The molecule has 0 aromatic heterocycles. The van der Waals surface area contributed by atoms with Crippen LogP contribution in [0.25, 0.3) is 0 Å². The standard InChI is InChI=1S/C18H28O2/c1-4-6-7-9-12-16(5-2)18(20-15-19-3)17-13-10-8-11-14-17/h8,10-14,18H,4-7,9,15H2,1-3H3/b16-12+. The van der Waals surface area contributed by atoms with E-state index in [4.69, 9.17) is 9.47 Å². The maximum atomic E-state index is 5.90. The van der Waals surface area contributed by atoms with Crippen LogP contribution in [0.15, 0.2) is 42.0 Å². The Balaban J connectivity index is 2.78. The maximum Gasteiger partial charge on any atom is 0.147 e. The van der Waals surface area contributed by atoms with Crippen LogP contribution in [0, 0.1) is 0 Å². The molecule has 0 N–H and O–H groups in total. The molecule has 1 aromatic carbocycles. The van der Waals surface area contributed by atoms with Crippen molar-refractivity contribution in [2.24, 2.45) is 0 Å². The minimum Gasteiger partial charge on any atom is -0.359 e. The molecule has 0 saturated carbocycles. The fourth-order valence-electron chi connectivity index (χ4n) is 2.30. The molecule has 0 bridgehead atoms. The van der Waals surface area contributed by atoms with E-state index in [0.717, 1.165) is 12.8 Å². The van der Waals surface area contributed by atoms with Crippen LogP contribution in [0.2, 0.25) is 0 Å². The molecule has 0 aliphatic rings. The van der Waals surface area contributed by atoms with Gasteiger partial charge in [0.05, 0.1) is 0 Å². The fraction of sp³-hybridized carbons (Fsp3) is 0.556. The molecule has 0 heterocycles. The lowest BCUT2D eigenvalue weighted by molar-refractivity contribution is -0.0613. The average Bonchev–Trinajstić information content (AvgIpc) is 2.50. The first-order valence-electron chi connectivity index (χ1n) is 7.67. The summed E-state index contributed by atoms with van der Waals surface area (Å²) >= 11 is 0. The fourth-order valence-corrected chi connectivity index (χ4v) is 2.30. The van der Waals surface area contributed by atoms with Gasteiger partial charge >= 0.3 is 0 Å². The summed E-state index contributed by atoms with van der Waals surface area (Å²) in [7, 11) is 1.67. The Kier molecular flexibility index (Phi) is 9.01. The van der Waals surface area contributed by atoms with E-state index < -0.39 is 0 Å². The predicted molar refractivity (Wildman–Crippen MR) is 84.7 cm³/mol. The largest absolute Gasteiger partial charge is 0.359 e. The van der Waals surface area contributed by atoms with Crippen molar-refractivity contribution in [1.29, 1.82) is 0 Å². The van der Waals surface area contributed by atoms with E-state index in [1.807, 2.05) is 6.07 Å². The van der Waals surface area contributed by atoms with E-state index in [9.17, 15) is 0 Å². The van der Waals surface area contributed by atoms with Gasteiger partial charge in [0.15, 0.2) is 0 Å². The molecule has 0 fully saturated rings. The summed E-state index contributed by atoms with van der Waals surface area (Å²) in [5.41, 5.74) is 2.55. The predicted octanol–water partition coefficient (Wildman–Crippen LogP) is 5.26. The molecule has 2 nitrogen and oxygen atoms in total. The van der Waals surface area contributed by atoms with Crippen LogP contribution in [0.4, 0.5) is 0 Å². The van der Waals surface area contributed by atoms with Crippen LogP contribution in [0.1, 0.15) is 57.6 Å². The molecule has 20 heavy (non-hydrogen) atoms. The number of hydrogen-bond acceptors (Lipinski definition) is 2. The molecule has 1 rings (SSSR count). The number of benzene rings is 1. The summed E-state index contributed by atoms with van der Waals surface area (Å²) in [6, 6.07) is 10.4. The summed E-state index contributed by atoms with van der Waals surface area (Å²) in [5.74, 6) is 0.